The van der Waals surface area contributed by atoms with Gasteiger partial charge in [0, 0.05) is 0 Å². The maximum atomic E-state index is 12.4. The first-order valence-corrected chi connectivity index (χ1v) is 8.10. The summed E-state index contributed by atoms with van der Waals surface area (Å²) in [6, 6.07) is 3.99. The van der Waals surface area contributed by atoms with Gasteiger partial charge in [0.1, 0.15) is 9.88 Å². The van der Waals surface area contributed by atoms with Gasteiger partial charge in [-0.1, -0.05) is 6.07 Å². The molecule has 0 spiro atoms. The lowest BCUT2D eigenvalue weighted by atomic mass is 10.3. The minimum Gasteiger partial charge on any atom is -0.318 e. The second-order valence-electron chi connectivity index (χ2n) is 4.67. The topological polar surface area (TPSA) is 70.7 Å². The van der Waals surface area contributed by atoms with Crippen LogP contribution in [0.15, 0.2) is 17.5 Å². The van der Waals surface area contributed by atoms with Crippen molar-refractivity contribution < 1.29 is 4.79 Å². The molecule has 0 unspecified atom stereocenters. The molecule has 0 radical (unpaired) electrons. The SMILES string of the molecule is Cc1nc(-c2cccs2)sc1C(=O)Nc1c(C)n[nH]c1C. The Morgan fingerprint density at radius 2 is 2.10 bits per heavy atom. The number of thiophene rings is 1. The van der Waals surface area contributed by atoms with Crippen LogP contribution in [0.4, 0.5) is 5.69 Å². The normalized spacial score (nSPS) is 10.8. The first-order chi connectivity index (χ1) is 10.1. The Bertz CT molecular complexity index is 767. The van der Waals surface area contributed by atoms with Crippen molar-refractivity contribution in [2.24, 2.45) is 0 Å². The van der Waals surface area contributed by atoms with Gasteiger partial charge in [-0.25, -0.2) is 4.98 Å². The number of carbonyl (C=O) groups excluding carboxylic acids is 1. The standard InChI is InChI=1S/C14H14N4OS2/c1-7-11(8(2)18-17-7)16-13(19)12-9(3)15-14(21-12)10-5-4-6-20-10/h4-6H,1-3H3,(H,16,19)(H,17,18). The number of thiazole rings is 1. The highest BCUT2D eigenvalue weighted by Gasteiger charge is 2.18. The molecule has 0 aromatic carbocycles. The summed E-state index contributed by atoms with van der Waals surface area (Å²) in [7, 11) is 0. The number of aromatic nitrogens is 3. The molecule has 3 heterocycles. The molecule has 0 aliphatic carbocycles. The number of hydrogen-bond acceptors (Lipinski definition) is 5. The van der Waals surface area contributed by atoms with E-state index in [4.69, 9.17) is 0 Å². The third kappa shape index (κ3) is 2.62. The summed E-state index contributed by atoms with van der Waals surface area (Å²) in [5, 5.41) is 12.7. The molecule has 0 saturated heterocycles. The summed E-state index contributed by atoms with van der Waals surface area (Å²) >= 11 is 3.04. The van der Waals surface area contributed by atoms with Crippen LogP contribution >= 0.6 is 22.7 Å². The number of anilines is 1. The van der Waals surface area contributed by atoms with E-state index in [2.05, 4.69) is 20.5 Å². The Balaban J connectivity index is 1.89. The highest BCUT2D eigenvalue weighted by molar-refractivity contribution is 7.22. The van der Waals surface area contributed by atoms with Crippen molar-refractivity contribution in [3.05, 3.63) is 39.5 Å². The highest BCUT2D eigenvalue weighted by Crippen LogP contribution is 2.31. The van der Waals surface area contributed by atoms with Crippen molar-refractivity contribution in [3.63, 3.8) is 0 Å². The molecular formula is C14H14N4OS2. The summed E-state index contributed by atoms with van der Waals surface area (Å²) in [5.41, 5.74) is 3.12. The first-order valence-electron chi connectivity index (χ1n) is 6.40. The van der Waals surface area contributed by atoms with Gasteiger partial charge < -0.3 is 5.32 Å². The minimum absolute atomic E-state index is 0.139. The van der Waals surface area contributed by atoms with Gasteiger partial charge in [0.2, 0.25) is 0 Å². The van der Waals surface area contributed by atoms with Crippen LogP contribution in [0.3, 0.4) is 0 Å². The third-order valence-electron chi connectivity index (χ3n) is 3.10. The van der Waals surface area contributed by atoms with E-state index in [1.807, 2.05) is 38.3 Å². The molecule has 0 saturated carbocycles. The third-order valence-corrected chi connectivity index (χ3v) is 5.30. The van der Waals surface area contributed by atoms with Crippen LogP contribution in [0.2, 0.25) is 0 Å². The van der Waals surface area contributed by atoms with E-state index < -0.39 is 0 Å². The molecule has 0 fully saturated rings. The van der Waals surface area contributed by atoms with Gasteiger partial charge >= 0.3 is 0 Å². The van der Waals surface area contributed by atoms with Gasteiger partial charge in [-0.3, -0.25) is 9.89 Å². The molecule has 2 N–H and O–H groups in total. The quantitative estimate of drug-likeness (QED) is 0.772. The number of nitrogens with one attached hydrogen (secondary N) is 2. The first kappa shape index (κ1) is 14.0. The van der Waals surface area contributed by atoms with Crippen LogP contribution in [0.1, 0.15) is 26.8 Å². The van der Waals surface area contributed by atoms with Crippen LogP contribution in [0, 0.1) is 20.8 Å². The van der Waals surface area contributed by atoms with Gasteiger partial charge in [0.25, 0.3) is 5.91 Å². The zero-order valence-electron chi connectivity index (χ0n) is 11.9. The number of nitrogens with zero attached hydrogens (tertiary/aromatic N) is 2. The molecule has 3 aromatic heterocycles. The Labute approximate surface area is 130 Å². The smallest absolute Gasteiger partial charge is 0.267 e. The second kappa shape index (κ2) is 5.42. The van der Waals surface area contributed by atoms with E-state index in [-0.39, 0.29) is 5.91 Å². The largest absolute Gasteiger partial charge is 0.318 e. The lowest BCUT2D eigenvalue weighted by Gasteiger charge is -2.03. The summed E-state index contributed by atoms with van der Waals surface area (Å²) in [5.74, 6) is -0.139. The fourth-order valence-corrected chi connectivity index (χ4v) is 3.78. The average molecular weight is 318 g/mol. The van der Waals surface area contributed by atoms with E-state index in [0.717, 1.165) is 32.7 Å². The van der Waals surface area contributed by atoms with Crippen molar-refractivity contribution in [2.75, 3.05) is 5.32 Å². The van der Waals surface area contributed by atoms with E-state index in [0.29, 0.717) is 4.88 Å². The van der Waals surface area contributed by atoms with Gasteiger partial charge in [-0.15, -0.1) is 22.7 Å². The molecule has 0 aliphatic heterocycles. The number of aromatic amines is 1. The fraction of sp³-hybridized carbons (Fsp3) is 0.214. The predicted molar refractivity (Wildman–Crippen MR) is 86.2 cm³/mol. The monoisotopic (exact) mass is 318 g/mol. The number of carbonyl (C=O) groups is 1. The molecule has 0 aliphatic rings. The van der Waals surface area contributed by atoms with Crippen LogP contribution in [0.25, 0.3) is 9.88 Å². The van der Waals surface area contributed by atoms with Crippen molar-refractivity contribution in [1.29, 1.82) is 0 Å². The lowest BCUT2D eigenvalue weighted by molar-refractivity contribution is 0.102. The maximum Gasteiger partial charge on any atom is 0.267 e. The van der Waals surface area contributed by atoms with Gasteiger partial charge in [-0.05, 0) is 32.2 Å². The van der Waals surface area contributed by atoms with Crippen molar-refractivity contribution in [3.8, 4) is 9.88 Å². The van der Waals surface area contributed by atoms with Gasteiger partial charge in [-0.2, -0.15) is 5.10 Å². The number of aryl methyl sites for hydroxylation is 3. The lowest BCUT2D eigenvalue weighted by Crippen LogP contribution is -2.12. The number of hydrogen-bond donors (Lipinski definition) is 2. The summed E-state index contributed by atoms with van der Waals surface area (Å²) in [6.07, 6.45) is 0. The van der Waals surface area contributed by atoms with Crippen molar-refractivity contribution in [2.45, 2.75) is 20.8 Å². The maximum absolute atomic E-state index is 12.4. The Morgan fingerprint density at radius 1 is 1.29 bits per heavy atom. The number of rotatable bonds is 3. The van der Waals surface area contributed by atoms with Gasteiger partial charge in [0.05, 0.1) is 27.6 Å². The fourth-order valence-electron chi connectivity index (χ4n) is 2.02. The Morgan fingerprint density at radius 3 is 2.71 bits per heavy atom. The van der Waals surface area contributed by atoms with Crippen molar-refractivity contribution >= 4 is 34.3 Å². The Hall–Kier alpha value is -1.99. The summed E-state index contributed by atoms with van der Waals surface area (Å²) in [6.45, 7) is 5.60. The zero-order chi connectivity index (χ0) is 15.0. The molecule has 0 atom stereocenters. The molecule has 108 valence electrons. The molecule has 5 nitrogen and oxygen atoms in total. The molecule has 7 heteroatoms. The molecule has 3 rings (SSSR count). The molecule has 21 heavy (non-hydrogen) atoms. The van der Waals surface area contributed by atoms with Crippen molar-refractivity contribution in [1.82, 2.24) is 15.2 Å². The number of H-pyrrole nitrogens is 1. The van der Waals surface area contributed by atoms with Gasteiger partial charge in [0.15, 0.2) is 0 Å². The summed E-state index contributed by atoms with van der Waals surface area (Å²) < 4.78 is 0. The predicted octanol–water partition coefficient (Wildman–Crippen LogP) is 3.77. The molecule has 1 amide bonds. The molecular weight excluding hydrogens is 304 g/mol. The zero-order valence-corrected chi connectivity index (χ0v) is 13.5. The minimum atomic E-state index is -0.139. The van der Waals surface area contributed by atoms with Crippen LogP contribution in [-0.2, 0) is 0 Å². The van der Waals surface area contributed by atoms with E-state index in [1.54, 1.807) is 11.3 Å². The van der Waals surface area contributed by atoms with E-state index in [1.165, 1.54) is 11.3 Å². The second-order valence-corrected chi connectivity index (χ2v) is 6.62. The van der Waals surface area contributed by atoms with E-state index in [9.17, 15) is 4.79 Å². The number of amides is 1. The molecule has 0 bridgehead atoms. The molecule has 3 aromatic rings. The van der Waals surface area contributed by atoms with Crippen LogP contribution in [0.5, 0.6) is 0 Å². The van der Waals surface area contributed by atoms with Crippen LogP contribution in [-0.4, -0.2) is 21.1 Å². The highest BCUT2D eigenvalue weighted by atomic mass is 32.1. The summed E-state index contributed by atoms with van der Waals surface area (Å²) in [4.78, 5) is 18.7. The van der Waals surface area contributed by atoms with Crippen LogP contribution < -0.4 is 5.32 Å². The average Bonchev–Trinajstić information content (AvgIpc) is 3.15. The Kier molecular flexibility index (Phi) is 3.60. The van der Waals surface area contributed by atoms with E-state index >= 15 is 0 Å².